The molecule has 0 heterocycles. The van der Waals surface area contributed by atoms with Gasteiger partial charge in [0.1, 0.15) is 0 Å². The molecule has 0 unspecified atom stereocenters. The fraction of sp³-hybridized carbons (Fsp3) is 0.0714. The Labute approximate surface area is 173 Å². The van der Waals surface area contributed by atoms with Gasteiger partial charge in [0.15, 0.2) is 0 Å². The molecular formula is C14H10KN2O6+. The van der Waals surface area contributed by atoms with Crippen molar-refractivity contribution in [3.05, 3.63) is 73.8 Å². The molecule has 0 saturated carbocycles. The number of carbonyl (C=O) groups is 1. The number of nitrogens with zero attached hydrogens (tertiary/aromatic N) is 2. The van der Waals surface area contributed by atoms with Crippen molar-refractivity contribution in [3.8, 4) is 5.75 Å². The van der Waals surface area contributed by atoms with Crippen molar-refractivity contribution < 1.29 is 70.8 Å². The minimum Gasteiger partial charge on any atom is -0.415 e. The van der Waals surface area contributed by atoms with E-state index in [9.17, 15) is 25.0 Å². The number of aryl methyl sites for hydroxylation is 1. The van der Waals surface area contributed by atoms with Crippen LogP contribution in [0.4, 0.5) is 11.4 Å². The van der Waals surface area contributed by atoms with E-state index >= 15 is 0 Å². The number of rotatable bonds is 4. The fourth-order valence-corrected chi connectivity index (χ4v) is 1.84. The molecule has 0 radical (unpaired) electrons. The Morgan fingerprint density at radius 2 is 1.65 bits per heavy atom. The molecule has 0 spiro atoms. The van der Waals surface area contributed by atoms with Crippen LogP contribution in [0.25, 0.3) is 0 Å². The van der Waals surface area contributed by atoms with Crippen LogP contribution in [-0.2, 0) is 0 Å². The first kappa shape index (κ1) is 19.4. The summed E-state index contributed by atoms with van der Waals surface area (Å²) in [4.78, 5) is 32.2. The summed E-state index contributed by atoms with van der Waals surface area (Å²) in [6.07, 6.45) is 0. The maximum Gasteiger partial charge on any atom is 1.00 e. The largest absolute Gasteiger partial charge is 1.00 e. The van der Waals surface area contributed by atoms with Crippen LogP contribution in [0.15, 0.2) is 42.5 Å². The molecule has 2 rings (SSSR count). The smallest absolute Gasteiger partial charge is 0.415 e. The van der Waals surface area contributed by atoms with Gasteiger partial charge in [0.05, 0.1) is 21.5 Å². The van der Waals surface area contributed by atoms with E-state index in [1.807, 2.05) is 0 Å². The van der Waals surface area contributed by atoms with Crippen molar-refractivity contribution >= 4 is 17.3 Å². The SMILES string of the molecule is Cc1cc([N+](=O)[O-])cc([N+](=O)[O-])c1OC(=O)c1ccccc1.[K+]. The van der Waals surface area contributed by atoms with Crippen molar-refractivity contribution in [3.63, 3.8) is 0 Å². The Morgan fingerprint density at radius 1 is 1.04 bits per heavy atom. The van der Waals surface area contributed by atoms with Gasteiger partial charge in [-0.2, -0.15) is 0 Å². The summed E-state index contributed by atoms with van der Waals surface area (Å²) >= 11 is 0. The zero-order valence-electron chi connectivity index (χ0n) is 12.4. The zero-order chi connectivity index (χ0) is 16.3. The van der Waals surface area contributed by atoms with Crippen LogP contribution in [-0.4, -0.2) is 15.8 Å². The number of nitro groups is 2. The molecule has 112 valence electrons. The van der Waals surface area contributed by atoms with E-state index in [4.69, 9.17) is 4.74 Å². The molecule has 0 atom stereocenters. The average molecular weight is 341 g/mol. The Balaban J connectivity index is 0.00000264. The number of esters is 1. The summed E-state index contributed by atoms with van der Waals surface area (Å²) in [6.45, 7) is 1.40. The molecule has 0 bridgehead atoms. The second-order valence-corrected chi connectivity index (χ2v) is 4.38. The molecule has 2 aromatic carbocycles. The molecule has 0 saturated heterocycles. The predicted molar refractivity (Wildman–Crippen MR) is 75.9 cm³/mol. The van der Waals surface area contributed by atoms with Crippen LogP contribution < -0.4 is 56.1 Å². The van der Waals surface area contributed by atoms with E-state index in [0.717, 1.165) is 12.1 Å². The fourth-order valence-electron chi connectivity index (χ4n) is 1.84. The van der Waals surface area contributed by atoms with Gasteiger partial charge in [0, 0.05) is 11.6 Å². The Hall–Kier alpha value is -1.65. The van der Waals surface area contributed by atoms with Crippen molar-refractivity contribution in [1.29, 1.82) is 0 Å². The normalized spacial score (nSPS) is 9.61. The van der Waals surface area contributed by atoms with Gasteiger partial charge in [-0.05, 0) is 19.1 Å². The maximum atomic E-state index is 12.0. The monoisotopic (exact) mass is 341 g/mol. The van der Waals surface area contributed by atoms with Gasteiger partial charge < -0.3 is 4.74 Å². The number of non-ortho nitro benzene ring substituents is 1. The predicted octanol–water partition coefficient (Wildman–Crippen LogP) is 0.0346. The van der Waals surface area contributed by atoms with Crippen molar-refractivity contribution in [2.75, 3.05) is 0 Å². The second kappa shape index (κ2) is 8.27. The molecule has 2 aromatic rings. The van der Waals surface area contributed by atoms with Crippen LogP contribution in [0.3, 0.4) is 0 Å². The number of hydrogen-bond acceptors (Lipinski definition) is 6. The topological polar surface area (TPSA) is 113 Å². The summed E-state index contributed by atoms with van der Waals surface area (Å²) < 4.78 is 5.06. The first-order valence-corrected chi connectivity index (χ1v) is 6.11. The third-order valence-electron chi connectivity index (χ3n) is 2.85. The third kappa shape index (κ3) is 4.66. The first-order valence-electron chi connectivity index (χ1n) is 6.11. The van der Waals surface area contributed by atoms with Crippen molar-refractivity contribution in [2.45, 2.75) is 6.92 Å². The van der Waals surface area contributed by atoms with Gasteiger partial charge in [-0.25, -0.2) is 4.79 Å². The number of benzene rings is 2. The molecule has 0 aliphatic heterocycles. The molecule has 0 aliphatic rings. The first-order chi connectivity index (χ1) is 10.4. The molecule has 23 heavy (non-hydrogen) atoms. The molecule has 0 aromatic heterocycles. The molecular weight excluding hydrogens is 331 g/mol. The quantitative estimate of drug-likeness (QED) is 0.255. The summed E-state index contributed by atoms with van der Waals surface area (Å²) in [5.41, 5.74) is -0.723. The molecule has 0 amide bonds. The van der Waals surface area contributed by atoms with Gasteiger partial charge in [0.2, 0.25) is 5.75 Å². The van der Waals surface area contributed by atoms with E-state index in [0.29, 0.717) is 0 Å². The van der Waals surface area contributed by atoms with Crippen molar-refractivity contribution in [2.24, 2.45) is 0 Å². The second-order valence-electron chi connectivity index (χ2n) is 4.38. The number of carbonyl (C=O) groups excluding carboxylic acids is 1. The van der Waals surface area contributed by atoms with Gasteiger partial charge in [-0.15, -0.1) is 0 Å². The van der Waals surface area contributed by atoms with Gasteiger partial charge in [-0.3, -0.25) is 20.2 Å². The molecule has 9 heteroatoms. The number of ether oxygens (including phenoxy) is 1. The summed E-state index contributed by atoms with van der Waals surface area (Å²) in [5.74, 6) is -1.08. The summed E-state index contributed by atoms with van der Waals surface area (Å²) in [5, 5.41) is 21.8. The minimum absolute atomic E-state index is 0. The van der Waals surface area contributed by atoms with Gasteiger partial charge >= 0.3 is 63.0 Å². The zero-order valence-corrected chi connectivity index (χ0v) is 15.5. The van der Waals surface area contributed by atoms with Crippen LogP contribution in [0, 0.1) is 27.2 Å². The average Bonchev–Trinajstić information content (AvgIpc) is 2.49. The molecule has 8 nitrogen and oxygen atoms in total. The Morgan fingerprint density at radius 3 is 2.17 bits per heavy atom. The van der Waals surface area contributed by atoms with Crippen LogP contribution in [0.5, 0.6) is 5.75 Å². The molecule has 0 aliphatic carbocycles. The van der Waals surface area contributed by atoms with Crippen LogP contribution in [0.1, 0.15) is 15.9 Å². The standard InChI is InChI=1S/C14H10N2O6.K/c1-9-7-11(15(18)19)8-12(16(20)21)13(9)22-14(17)10-5-3-2-4-6-10;/h2-8H,1H3;/q;+1. The van der Waals surface area contributed by atoms with E-state index in [-0.39, 0.29) is 68.3 Å². The minimum atomic E-state index is -0.826. The Kier molecular flexibility index (Phi) is 6.97. The van der Waals surface area contributed by atoms with E-state index in [2.05, 4.69) is 0 Å². The Bertz CT molecular complexity index is 763. The van der Waals surface area contributed by atoms with Crippen molar-refractivity contribution in [1.82, 2.24) is 0 Å². The number of hydrogen-bond donors (Lipinski definition) is 0. The van der Waals surface area contributed by atoms with E-state index in [1.165, 1.54) is 19.1 Å². The van der Waals surface area contributed by atoms with E-state index < -0.39 is 27.2 Å². The van der Waals surface area contributed by atoms with Crippen LogP contribution in [0.2, 0.25) is 0 Å². The van der Waals surface area contributed by atoms with Gasteiger partial charge in [0.25, 0.3) is 5.69 Å². The number of nitro benzene ring substituents is 2. The summed E-state index contributed by atoms with van der Waals surface area (Å²) in [7, 11) is 0. The maximum absolute atomic E-state index is 12.0. The van der Waals surface area contributed by atoms with Crippen LogP contribution >= 0.6 is 0 Å². The van der Waals surface area contributed by atoms with E-state index in [1.54, 1.807) is 18.2 Å². The third-order valence-corrected chi connectivity index (χ3v) is 2.85. The molecule has 0 N–H and O–H groups in total. The summed E-state index contributed by atoms with van der Waals surface area (Å²) in [6, 6.07) is 9.81. The molecule has 0 fully saturated rings. The van der Waals surface area contributed by atoms with Gasteiger partial charge in [-0.1, -0.05) is 18.2 Å².